The average molecular weight is 522 g/mol. The van der Waals surface area contributed by atoms with E-state index in [4.69, 9.17) is 9.15 Å². The van der Waals surface area contributed by atoms with Crippen molar-refractivity contribution in [2.45, 2.75) is 72.1 Å². The summed E-state index contributed by atoms with van der Waals surface area (Å²) in [5.41, 5.74) is -1.11. The minimum absolute atomic E-state index is 0.0217. The van der Waals surface area contributed by atoms with E-state index in [0.29, 0.717) is 18.2 Å². The molecule has 8 nitrogen and oxygen atoms in total. The molecule has 3 N–H and O–H groups in total. The maximum Gasteiger partial charge on any atom is 0.194 e. The van der Waals surface area contributed by atoms with E-state index in [2.05, 4.69) is 19.2 Å². The number of hydrogen-bond acceptors (Lipinski definition) is 8. The van der Waals surface area contributed by atoms with Crippen molar-refractivity contribution in [3.05, 3.63) is 64.0 Å². The van der Waals surface area contributed by atoms with E-state index >= 15 is 0 Å². The van der Waals surface area contributed by atoms with E-state index in [1.165, 1.54) is 19.9 Å². The Hall–Kier alpha value is -3.81. The van der Waals surface area contributed by atoms with E-state index in [9.17, 15) is 24.6 Å². The van der Waals surface area contributed by atoms with Crippen LogP contribution in [0, 0.1) is 12.8 Å². The number of ether oxygens (including phenoxy) is 1. The molecule has 38 heavy (non-hydrogen) atoms. The summed E-state index contributed by atoms with van der Waals surface area (Å²) in [4.78, 5) is 39.4. The molecule has 0 unspecified atom stereocenters. The second-order valence-electron chi connectivity index (χ2n) is 10.8. The maximum absolute atomic E-state index is 13.9. The molecule has 1 aliphatic heterocycles. The van der Waals surface area contributed by atoms with Crippen LogP contribution in [0.1, 0.15) is 87.0 Å². The second-order valence-corrected chi connectivity index (χ2v) is 10.8. The molecule has 2 aromatic rings. The molecule has 2 heterocycles. The van der Waals surface area contributed by atoms with Crippen molar-refractivity contribution in [3.8, 4) is 17.2 Å². The summed E-state index contributed by atoms with van der Waals surface area (Å²) in [6.07, 6.45) is 5.65. The minimum Gasteiger partial charge on any atom is -0.507 e. The first kappa shape index (κ1) is 27.2. The first-order valence-corrected chi connectivity index (χ1v) is 13.0. The van der Waals surface area contributed by atoms with Crippen molar-refractivity contribution in [2.75, 3.05) is 6.54 Å². The number of hydrogen-bond donors (Lipinski definition) is 3. The molecular weight excluding hydrogens is 486 g/mol. The molecule has 0 spiro atoms. The van der Waals surface area contributed by atoms with Crippen LogP contribution in [0.3, 0.4) is 0 Å². The highest BCUT2D eigenvalue weighted by Gasteiger charge is 2.56. The predicted octanol–water partition coefficient (Wildman–Crippen LogP) is 5.36. The van der Waals surface area contributed by atoms with Gasteiger partial charge in [-0.25, -0.2) is 0 Å². The number of fused-ring (bicyclic) bond motifs is 3. The average Bonchev–Trinajstić information content (AvgIpc) is 3.47. The van der Waals surface area contributed by atoms with E-state index < -0.39 is 28.5 Å². The number of aromatic hydroxyl groups is 2. The number of ketones is 3. The molecule has 8 heteroatoms. The van der Waals surface area contributed by atoms with Crippen LogP contribution in [0.4, 0.5) is 0 Å². The number of phenolic OH excluding ortho intramolecular Hbond substituents is 2. The summed E-state index contributed by atoms with van der Waals surface area (Å²) in [5, 5.41) is 24.7. The molecule has 1 aromatic heterocycles. The number of benzene rings is 1. The Morgan fingerprint density at radius 1 is 1.11 bits per heavy atom. The largest absolute Gasteiger partial charge is 0.507 e. The fraction of sp³-hybridized carbons (Fsp3) is 0.433. The Balaban J connectivity index is 1.65. The monoisotopic (exact) mass is 521 g/mol. The molecule has 0 radical (unpaired) electrons. The zero-order valence-corrected chi connectivity index (χ0v) is 22.7. The number of furan rings is 1. The van der Waals surface area contributed by atoms with E-state index in [1.54, 1.807) is 20.1 Å². The Labute approximate surface area is 222 Å². The van der Waals surface area contributed by atoms with Crippen LogP contribution < -0.4 is 10.1 Å². The molecule has 0 saturated heterocycles. The standard InChI is InChI=1S/C30H35NO7/c1-15(2)9-10-19(21-8-7-13-37-21)11-12-31-17(4)23-20(33)14-22-30(6,29(23)36)25-27(35)16(3)26(34)24(18(5)32)28(25)38-22/h7-8,13-15,19,31,34-35H,9-12H2,1-6H3/b23-17+/t19-,30+/m1/s1. The smallest absolute Gasteiger partial charge is 0.194 e. The van der Waals surface area contributed by atoms with Crippen LogP contribution in [0.2, 0.25) is 0 Å². The van der Waals surface area contributed by atoms with Gasteiger partial charge in [0.2, 0.25) is 0 Å². The Kier molecular flexibility index (Phi) is 7.28. The number of carbonyl (C=O) groups excluding carboxylic acids is 3. The topological polar surface area (TPSA) is 126 Å². The van der Waals surface area contributed by atoms with Gasteiger partial charge in [0, 0.05) is 29.8 Å². The highest BCUT2D eigenvalue weighted by atomic mass is 16.5. The van der Waals surface area contributed by atoms with Crippen molar-refractivity contribution in [1.29, 1.82) is 0 Å². The zero-order chi connectivity index (χ0) is 27.9. The van der Waals surface area contributed by atoms with E-state index in [1.807, 2.05) is 12.1 Å². The van der Waals surface area contributed by atoms with Crippen LogP contribution in [0.25, 0.3) is 0 Å². The summed E-state index contributed by atoms with van der Waals surface area (Å²) in [7, 11) is 0. The van der Waals surface area contributed by atoms with Crippen molar-refractivity contribution >= 4 is 17.3 Å². The van der Waals surface area contributed by atoms with Gasteiger partial charge >= 0.3 is 0 Å². The maximum atomic E-state index is 13.9. The molecule has 1 aromatic carbocycles. The molecule has 0 fully saturated rings. The molecule has 1 aliphatic carbocycles. The summed E-state index contributed by atoms with van der Waals surface area (Å²) >= 11 is 0. The third kappa shape index (κ3) is 4.42. The van der Waals surface area contributed by atoms with Crippen molar-refractivity contribution in [2.24, 2.45) is 5.92 Å². The van der Waals surface area contributed by atoms with E-state index in [0.717, 1.165) is 25.0 Å². The third-order valence-corrected chi connectivity index (χ3v) is 7.68. The van der Waals surface area contributed by atoms with Gasteiger partial charge in [0.1, 0.15) is 39.7 Å². The first-order chi connectivity index (χ1) is 17.9. The fourth-order valence-corrected chi connectivity index (χ4v) is 5.37. The number of nitrogens with one attached hydrogen (secondary N) is 1. The normalized spacial score (nSPS) is 20.6. The summed E-state index contributed by atoms with van der Waals surface area (Å²) < 4.78 is 11.5. The number of phenols is 2. The lowest BCUT2D eigenvalue weighted by atomic mass is 9.70. The molecule has 4 rings (SSSR count). The number of Topliss-reactive ketones (excluding diaryl/α,β-unsaturated/α-hetero) is 2. The highest BCUT2D eigenvalue weighted by Crippen LogP contribution is 2.57. The SMILES string of the molecule is CC(=O)c1c(O)c(C)c(O)c2c1OC1=CC(=O)/C(=C(/C)NCC[C@@H](CCC(C)C)c3ccco3)C(=O)[C@@]12C. The molecule has 2 aliphatic rings. The van der Waals surface area contributed by atoms with Gasteiger partial charge in [-0.2, -0.15) is 0 Å². The van der Waals surface area contributed by atoms with Crippen LogP contribution in [-0.2, 0) is 15.0 Å². The Morgan fingerprint density at radius 3 is 2.42 bits per heavy atom. The van der Waals surface area contributed by atoms with Crippen molar-refractivity contribution < 1.29 is 33.8 Å². The van der Waals surface area contributed by atoms with Crippen molar-refractivity contribution in [3.63, 3.8) is 0 Å². The van der Waals surface area contributed by atoms with Crippen LogP contribution in [0.5, 0.6) is 17.2 Å². The molecule has 0 saturated carbocycles. The Morgan fingerprint density at radius 2 is 1.82 bits per heavy atom. The lowest BCUT2D eigenvalue weighted by Crippen LogP contribution is -2.41. The minimum atomic E-state index is -1.53. The molecule has 0 bridgehead atoms. The van der Waals surface area contributed by atoms with Crippen LogP contribution in [0.15, 0.2) is 45.9 Å². The molecule has 0 amide bonds. The third-order valence-electron chi connectivity index (χ3n) is 7.68. The van der Waals surface area contributed by atoms with Crippen LogP contribution >= 0.6 is 0 Å². The highest BCUT2D eigenvalue weighted by molar-refractivity contribution is 6.31. The van der Waals surface area contributed by atoms with Gasteiger partial charge in [0.05, 0.1) is 17.4 Å². The number of carbonyl (C=O) groups is 3. The predicted molar refractivity (Wildman–Crippen MR) is 141 cm³/mol. The lowest BCUT2D eigenvalue weighted by Gasteiger charge is -2.29. The van der Waals surface area contributed by atoms with Gasteiger partial charge in [-0.05, 0) is 58.6 Å². The summed E-state index contributed by atoms with van der Waals surface area (Å²) in [6, 6.07) is 3.84. The lowest BCUT2D eigenvalue weighted by molar-refractivity contribution is -0.123. The zero-order valence-electron chi connectivity index (χ0n) is 22.7. The van der Waals surface area contributed by atoms with Crippen molar-refractivity contribution in [1.82, 2.24) is 5.32 Å². The number of rotatable bonds is 9. The van der Waals surface area contributed by atoms with Gasteiger partial charge in [-0.3, -0.25) is 14.4 Å². The van der Waals surface area contributed by atoms with Gasteiger partial charge in [0.25, 0.3) is 0 Å². The van der Waals surface area contributed by atoms with Gasteiger partial charge < -0.3 is 24.7 Å². The van der Waals surface area contributed by atoms with Crippen LogP contribution in [-0.4, -0.2) is 34.1 Å². The Bertz CT molecular complexity index is 1360. The number of allylic oxidation sites excluding steroid dienone is 4. The molecule has 202 valence electrons. The molecule has 2 atom stereocenters. The van der Waals surface area contributed by atoms with Gasteiger partial charge in [-0.1, -0.05) is 20.3 Å². The fourth-order valence-electron chi connectivity index (χ4n) is 5.37. The van der Waals surface area contributed by atoms with Gasteiger partial charge in [-0.15, -0.1) is 0 Å². The quantitative estimate of drug-likeness (QED) is 0.229. The van der Waals surface area contributed by atoms with Gasteiger partial charge in [0.15, 0.2) is 17.3 Å². The summed E-state index contributed by atoms with van der Waals surface area (Å²) in [6.45, 7) is 10.8. The summed E-state index contributed by atoms with van der Waals surface area (Å²) in [5.74, 6) is -0.690. The second kappa shape index (κ2) is 10.2. The molecular formula is C30H35NO7. The van der Waals surface area contributed by atoms with E-state index in [-0.39, 0.29) is 45.4 Å². The first-order valence-electron chi connectivity index (χ1n) is 13.0.